The molecule has 3 rings (SSSR count). The number of hydrogen-bond acceptors (Lipinski definition) is 4. The lowest BCUT2D eigenvalue weighted by Crippen LogP contribution is -2.51. The average Bonchev–Trinajstić information content (AvgIpc) is 3.00. The molecular formula is C20H29FN2O3S. The molecule has 1 N–H and O–H groups in total. The normalized spacial score (nSPS) is 23.9. The third kappa shape index (κ3) is 5.29. The minimum atomic E-state index is -3.04. The van der Waals surface area contributed by atoms with Gasteiger partial charge in [0.05, 0.1) is 18.1 Å². The van der Waals surface area contributed by atoms with Crippen LogP contribution in [-0.2, 0) is 14.6 Å². The summed E-state index contributed by atoms with van der Waals surface area (Å²) in [7, 11) is -3.04. The van der Waals surface area contributed by atoms with Crippen molar-refractivity contribution in [3.05, 3.63) is 35.6 Å². The van der Waals surface area contributed by atoms with Gasteiger partial charge < -0.3 is 10.2 Å². The van der Waals surface area contributed by atoms with E-state index in [1.165, 1.54) is 18.6 Å². The lowest BCUT2D eigenvalue weighted by atomic mass is 9.93. The van der Waals surface area contributed by atoms with Crippen LogP contribution in [0.5, 0.6) is 0 Å². The zero-order chi connectivity index (χ0) is 19.4. The van der Waals surface area contributed by atoms with E-state index < -0.39 is 9.84 Å². The third-order valence-electron chi connectivity index (χ3n) is 5.79. The number of sulfone groups is 1. The van der Waals surface area contributed by atoms with Crippen LogP contribution in [0.15, 0.2) is 24.3 Å². The van der Waals surface area contributed by atoms with Crippen molar-refractivity contribution in [2.45, 2.75) is 63.6 Å². The molecule has 0 bridgehead atoms. The average molecular weight is 397 g/mol. The number of carbonyl (C=O) groups is 1. The van der Waals surface area contributed by atoms with E-state index in [0.29, 0.717) is 6.42 Å². The molecule has 0 aromatic heterocycles. The fourth-order valence-electron chi connectivity index (χ4n) is 4.26. The Kier molecular flexibility index (Phi) is 6.52. The molecule has 27 heavy (non-hydrogen) atoms. The number of nitrogens with zero attached hydrogens (tertiary/aromatic N) is 1. The molecule has 2 atom stereocenters. The molecule has 1 saturated heterocycles. The molecule has 1 saturated carbocycles. The van der Waals surface area contributed by atoms with E-state index in [-0.39, 0.29) is 47.9 Å². The van der Waals surface area contributed by atoms with Gasteiger partial charge in [-0.3, -0.25) is 4.79 Å². The summed E-state index contributed by atoms with van der Waals surface area (Å²) in [6, 6.07) is 6.09. The molecule has 7 heteroatoms. The van der Waals surface area contributed by atoms with Crippen molar-refractivity contribution in [1.29, 1.82) is 0 Å². The summed E-state index contributed by atoms with van der Waals surface area (Å²) in [6.07, 6.45) is 5.81. The Morgan fingerprint density at radius 1 is 1.15 bits per heavy atom. The predicted molar refractivity (Wildman–Crippen MR) is 104 cm³/mol. The van der Waals surface area contributed by atoms with Gasteiger partial charge in [-0.1, -0.05) is 31.4 Å². The Bertz CT molecular complexity index is 745. The summed E-state index contributed by atoms with van der Waals surface area (Å²) >= 11 is 0. The van der Waals surface area contributed by atoms with Crippen LogP contribution in [0, 0.1) is 5.82 Å². The zero-order valence-electron chi connectivity index (χ0n) is 15.9. The topological polar surface area (TPSA) is 66.5 Å². The van der Waals surface area contributed by atoms with E-state index in [4.69, 9.17) is 0 Å². The zero-order valence-corrected chi connectivity index (χ0v) is 16.7. The first-order valence-electron chi connectivity index (χ1n) is 9.86. The van der Waals surface area contributed by atoms with Crippen molar-refractivity contribution in [2.24, 2.45) is 0 Å². The minimum Gasteiger partial charge on any atom is -0.335 e. The maximum Gasteiger partial charge on any atom is 0.237 e. The van der Waals surface area contributed by atoms with Crippen molar-refractivity contribution in [1.82, 2.24) is 10.2 Å². The smallest absolute Gasteiger partial charge is 0.237 e. The predicted octanol–water partition coefficient (Wildman–Crippen LogP) is 2.82. The molecule has 1 aliphatic heterocycles. The van der Waals surface area contributed by atoms with Gasteiger partial charge in [0.25, 0.3) is 0 Å². The number of nitrogens with one attached hydrogen (secondary N) is 1. The number of rotatable bonds is 6. The molecule has 5 nitrogen and oxygen atoms in total. The quantitative estimate of drug-likeness (QED) is 0.803. The Labute approximate surface area is 161 Å². The fraction of sp³-hybridized carbons (Fsp3) is 0.650. The second-order valence-corrected chi connectivity index (χ2v) is 10.0. The summed E-state index contributed by atoms with van der Waals surface area (Å²) in [5.74, 6) is -0.0537. The number of carbonyl (C=O) groups excluding carboxylic acids is 1. The summed E-state index contributed by atoms with van der Waals surface area (Å²) < 4.78 is 37.0. The monoisotopic (exact) mass is 396 g/mol. The molecule has 2 aliphatic rings. The minimum absolute atomic E-state index is 0.0297. The maximum absolute atomic E-state index is 13.1. The molecule has 1 aromatic rings. The highest BCUT2D eigenvalue weighted by Crippen LogP contribution is 2.28. The first-order valence-corrected chi connectivity index (χ1v) is 11.7. The van der Waals surface area contributed by atoms with Crippen molar-refractivity contribution in [3.63, 3.8) is 0 Å². The van der Waals surface area contributed by atoms with Crippen LogP contribution < -0.4 is 5.32 Å². The molecule has 0 unspecified atom stereocenters. The van der Waals surface area contributed by atoms with Crippen molar-refractivity contribution < 1.29 is 17.6 Å². The first kappa shape index (κ1) is 20.3. The summed E-state index contributed by atoms with van der Waals surface area (Å²) in [4.78, 5) is 14.9. The van der Waals surface area contributed by atoms with E-state index in [9.17, 15) is 17.6 Å². The van der Waals surface area contributed by atoms with Crippen molar-refractivity contribution in [3.8, 4) is 0 Å². The van der Waals surface area contributed by atoms with Gasteiger partial charge in [0.2, 0.25) is 5.91 Å². The Balaban J connectivity index is 1.66. The Hall–Kier alpha value is -1.47. The molecule has 0 radical (unpaired) electrons. The van der Waals surface area contributed by atoms with Crippen molar-refractivity contribution >= 4 is 15.7 Å². The van der Waals surface area contributed by atoms with Crippen LogP contribution >= 0.6 is 0 Å². The number of hydrogen-bond donors (Lipinski definition) is 1. The second kappa shape index (κ2) is 8.69. The Morgan fingerprint density at radius 3 is 2.41 bits per heavy atom. The van der Waals surface area contributed by atoms with Gasteiger partial charge in [-0.15, -0.1) is 0 Å². The molecule has 1 amide bonds. The molecular weight excluding hydrogens is 367 g/mol. The standard InChI is InChI=1S/C20H29FN2O3S/c1-15(16-7-9-17(21)10-8-16)22-13-20(24)23(18-5-3-2-4-6-18)19-11-12-27(25,26)14-19/h7-10,15,18-19,22H,2-6,11-14H2,1H3/t15-,19+/m0/s1. The lowest BCUT2D eigenvalue weighted by Gasteiger charge is -2.38. The lowest BCUT2D eigenvalue weighted by molar-refractivity contribution is -0.135. The van der Waals surface area contributed by atoms with Gasteiger partial charge in [0.1, 0.15) is 5.82 Å². The summed E-state index contributed by atoms with van der Waals surface area (Å²) in [5, 5.41) is 3.22. The van der Waals surface area contributed by atoms with Crippen LogP contribution in [0.2, 0.25) is 0 Å². The largest absolute Gasteiger partial charge is 0.335 e. The molecule has 0 spiro atoms. The van der Waals surface area contributed by atoms with Crippen LogP contribution in [0.1, 0.15) is 57.1 Å². The number of amides is 1. The van der Waals surface area contributed by atoms with Gasteiger partial charge in [0.15, 0.2) is 9.84 Å². The van der Waals surface area contributed by atoms with E-state index in [2.05, 4.69) is 5.32 Å². The van der Waals surface area contributed by atoms with Gasteiger partial charge in [0, 0.05) is 18.1 Å². The highest BCUT2D eigenvalue weighted by Gasteiger charge is 2.38. The Morgan fingerprint density at radius 2 is 1.81 bits per heavy atom. The third-order valence-corrected chi connectivity index (χ3v) is 7.54. The van der Waals surface area contributed by atoms with Crippen LogP contribution in [0.4, 0.5) is 4.39 Å². The van der Waals surface area contributed by atoms with Crippen LogP contribution in [0.25, 0.3) is 0 Å². The van der Waals surface area contributed by atoms with Crippen molar-refractivity contribution in [2.75, 3.05) is 18.1 Å². The van der Waals surface area contributed by atoms with E-state index in [1.807, 2.05) is 11.8 Å². The van der Waals surface area contributed by atoms with Crippen LogP contribution in [-0.4, -0.2) is 49.4 Å². The van der Waals surface area contributed by atoms with Gasteiger partial charge in [-0.25, -0.2) is 12.8 Å². The van der Waals surface area contributed by atoms with Crippen LogP contribution in [0.3, 0.4) is 0 Å². The molecule has 150 valence electrons. The first-order chi connectivity index (χ1) is 12.9. The van der Waals surface area contributed by atoms with Gasteiger partial charge in [-0.2, -0.15) is 0 Å². The van der Waals surface area contributed by atoms with E-state index in [0.717, 1.165) is 31.2 Å². The molecule has 2 fully saturated rings. The summed E-state index contributed by atoms with van der Waals surface area (Å²) in [6.45, 7) is 2.09. The maximum atomic E-state index is 13.1. The molecule has 1 aliphatic carbocycles. The number of halogens is 1. The SMILES string of the molecule is C[C@H](NCC(=O)N(C1CCCCC1)[C@@H]1CCS(=O)(=O)C1)c1ccc(F)cc1. The number of benzene rings is 1. The van der Waals surface area contributed by atoms with Gasteiger partial charge >= 0.3 is 0 Å². The summed E-state index contributed by atoms with van der Waals surface area (Å²) in [5.41, 5.74) is 0.914. The highest BCUT2D eigenvalue weighted by molar-refractivity contribution is 7.91. The fourth-order valence-corrected chi connectivity index (χ4v) is 5.97. The second-order valence-electron chi connectivity index (χ2n) is 7.80. The van der Waals surface area contributed by atoms with E-state index >= 15 is 0 Å². The highest BCUT2D eigenvalue weighted by atomic mass is 32.2. The molecule has 1 aromatic carbocycles. The van der Waals surface area contributed by atoms with E-state index in [1.54, 1.807) is 12.1 Å². The van der Waals surface area contributed by atoms with Gasteiger partial charge in [-0.05, 0) is 43.9 Å². The molecule has 1 heterocycles.